The van der Waals surface area contributed by atoms with Gasteiger partial charge in [-0.25, -0.2) is 9.37 Å². The van der Waals surface area contributed by atoms with Crippen molar-refractivity contribution in [1.29, 1.82) is 5.26 Å². The molecule has 0 aliphatic rings. The fourth-order valence-corrected chi connectivity index (χ4v) is 2.34. The molecule has 0 fully saturated rings. The van der Waals surface area contributed by atoms with Crippen LogP contribution >= 0.6 is 11.3 Å². The standard InChI is InChI=1S/C13H12FN3S/c1-2-13-17-8-11(18-13)7-16-12-4-3-10(14)5-9(12)6-15/h3-5,8,16H,2,7H2,1H3. The zero-order valence-electron chi connectivity index (χ0n) is 9.90. The Labute approximate surface area is 109 Å². The van der Waals surface area contributed by atoms with E-state index in [4.69, 9.17) is 5.26 Å². The summed E-state index contributed by atoms with van der Waals surface area (Å²) in [7, 11) is 0. The molecule has 1 aromatic carbocycles. The Morgan fingerprint density at radius 1 is 1.50 bits per heavy atom. The predicted octanol–water partition coefficient (Wildman–Crippen LogP) is 3.33. The number of hydrogen-bond donors (Lipinski definition) is 1. The lowest BCUT2D eigenvalue weighted by atomic mass is 10.2. The lowest BCUT2D eigenvalue weighted by Crippen LogP contribution is -2.00. The minimum Gasteiger partial charge on any atom is -0.379 e. The van der Waals surface area contributed by atoms with Crippen LogP contribution in [0.3, 0.4) is 0 Å². The second-order valence-electron chi connectivity index (χ2n) is 3.73. The highest BCUT2D eigenvalue weighted by Crippen LogP contribution is 2.19. The number of hydrogen-bond acceptors (Lipinski definition) is 4. The molecule has 1 heterocycles. The number of anilines is 1. The maximum Gasteiger partial charge on any atom is 0.124 e. The highest BCUT2D eigenvalue weighted by atomic mass is 32.1. The number of nitriles is 1. The van der Waals surface area contributed by atoms with Gasteiger partial charge in [0.25, 0.3) is 0 Å². The molecule has 0 aliphatic carbocycles. The summed E-state index contributed by atoms with van der Waals surface area (Å²) in [5.41, 5.74) is 0.959. The van der Waals surface area contributed by atoms with Crippen molar-refractivity contribution in [1.82, 2.24) is 4.98 Å². The molecule has 0 unspecified atom stereocenters. The van der Waals surface area contributed by atoms with Gasteiger partial charge >= 0.3 is 0 Å². The molecule has 1 aromatic heterocycles. The van der Waals surface area contributed by atoms with Crippen LogP contribution in [0.2, 0.25) is 0 Å². The van der Waals surface area contributed by atoms with Gasteiger partial charge in [0.05, 0.1) is 22.8 Å². The van der Waals surface area contributed by atoms with E-state index in [1.165, 1.54) is 12.1 Å². The molecule has 1 N–H and O–H groups in total. The number of rotatable bonds is 4. The molecule has 0 saturated carbocycles. The van der Waals surface area contributed by atoms with Gasteiger partial charge in [0.15, 0.2) is 0 Å². The van der Waals surface area contributed by atoms with Gasteiger partial charge in [-0.1, -0.05) is 6.92 Å². The molecular weight excluding hydrogens is 249 g/mol. The largest absolute Gasteiger partial charge is 0.379 e. The van der Waals surface area contributed by atoms with Gasteiger partial charge in [-0.2, -0.15) is 5.26 Å². The molecule has 0 atom stereocenters. The van der Waals surface area contributed by atoms with E-state index in [-0.39, 0.29) is 0 Å². The van der Waals surface area contributed by atoms with Gasteiger partial charge in [0.1, 0.15) is 11.9 Å². The second-order valence-corrected chi connectivity index (χ2v) is 4.93. The maximum atomic E-state index is 13.0. The lowest BCUT2D eigenvalue weighted by Gasteiger charge is -2.06. The molecule has 3 nitrogen and oxygen atoms in total. The molecule has 18 heavy (non-hydrogen) atoms. The van der Waals surface area contributed by atoms with E-state index in [1.807, 2.05) is 12.3 Å². The molecule has 0 amide bonds. The first-order valence-electron chi connectivity index (χ1n) is 5.60. The smallest absolute Gasteiger partial charge is 0.124 e. The minimum atomic E-state index is -0.400. The van der Waals surface area contributed by atoms with Crippen molar-refractivity contribution < 1.29 is 4.39 Å². The molecule has 2 rings (SSSR count). The van der Waals surface area contributed by atoms with Crippen molar-refractivity contribution in [2.75, 3.05) is 5.32 Å². The Morgan fingerprint density at radius 2 is 2.33 bits per heavy atom. The van der Waals surface area contributed by atoms with Crippen molar-refractivity contribution in [3.63, 3.8) is 0 Å². The SMILES string of the molecule is CCc1ncc(CNc2ccc(F)cc2C#N)s1. The van der Waals surface area contributed by atoms with E-state index < -0.39 is 5.82 Å². The van der Waals surface area contributed by atoms with Crippen molar-refractivity contribution in [3.8, 4) is 6.07 Å². The summed E-state index contributed by atoms with van der Waals surface area (Å²) in [6.45, 7) is 2.65. The predicted molar refractivity (Wildman–Crippen MR) is 69.9 cm³/mol. The van der Waals surface area contributed by atoms with E-state index in [2.05, 4.69) is 17.2 Å². The van der Waals surface area contributed by atoms with E-state index >= 15 is 0 Å². The van der Waals surface area contributed by atoms with Gasteiger partial charge in [0, 0.05) is 11.1 Å². The van der Waals surface area contributed by atoms with E-state index in [1.54, 1.807) is 17.4 Å². The molecule has 0 saturated heterocycles. The van der Waals surface area contributed by atoms with Crippen LogP contribution in [0.1, 0.15) is 22.4 Å². The number of aromatic nitrogens is 1. The normalized spacial score (nSPS) is 10.1. The third-order valence-electron chi connectivity index (χ3n) is 2.46. The quantitative estimate of drug-likeness (QED) is 0.918. The van der Waals surface area contributed by atoms with Gasteiger partial charge in [0.2, 0.25) is 0 Å². The van der Waals surface area contributed by atoms with Crippen molar-refractivity contribution in [3.05, 3.63) is 45.7 Å². The zero-order valence-corrected chi connectivity index (χ0v) is 10.7. The number of aryl methyl sites for hydroxylation is 1. The van der Waals surface area contributed by atoms with Crippen LogP contribution in [-0.4, -0.2) is 4.98 Å². The molecule has 2 aromatic rings. The van der Waals surface area contributed by atoms with Crippen LogP contribution in [0.25, 0.3) is 0 Å². The first-order chi connectivity index (χ1) is 8.72. The third-order valence-corrected chi connectivity index (χ3v) is 3.60. The van der Waals surface area contributed by atoms with Crippen LogP contribution in [0.4, 0.5) is 10.1 Å². The van der Waals surface area contributed by atoms with Crippen molar-refractivity contribution >= 4 is 17.0 Å². The summed E-state index contributed by atoms with van der Waals surface area (Å²) in [6, 6.07) is 6.12. The van der Waals surface area contributed by atoms with Gasteiger partial charge in [-0.15, -0.1) is 11.3 Å². The zero-order chi connectivity index (χ0) is 13.0. The Bertz CT molecular complexity index is 586. The highest BCUT2D eigenvalue weighted by Gasteiger charge is 2.05. The van der Waals surface area contributed by atoms with E-state index in [9.17, 15) is 4.39 Å². The Hall–Kier alpha value is -1.93. The van der Waals surface area contributed by atoms with Gasteiger partial charge in [-0.3, -0.25) is 0 Å². The number of benzene rings is 1. The summed E-state index contributed by atoms with van der Waals surface area (Å²) >= 11 is 1.64. The average Bonchev–Trinajstić information content (AvgIpc) is 2.85. The Balaban J connectivity index is 2.08. The summed E-state index contributed by atoms with van der Waals surface area (Å²) in [4.78, 5) is 5.35. The number of nitrogens with zero attached hydrogens (tertiary/aromatic N) is 2. The van der Waals surface area contributed by atoms with Gasteiger partial charge < -0.3 is 5.32 Å². The molecule has 0 spiro atoms. The number of halogens is 1. The molecule has 0 bridgehead atoms. The molecular formula is C13H12FN3S. The highest BCUT2D eigenvalue weighted by molar-refractivity contribution is 7.11. The van der Waals surface area contributed by atoms with E-state index in [0.29, 0.717) is 17.8 Å². The number of thiazole rings is 1. The first-order valence-corrected chi connectivity index (χ1v) is 6.41. The van der Waals surface area contributed by atoms with Crippen molar-refractivity contribution in [2.45, 2.75) is 19.9 Å². The molecule has 92 valence electrons. The Kier molecular flexibility index (Phi) is 3.90. The average molecular weight is 261 g/mol. The monoisotopic (exact) mass is 261 g/mol. The Morgan fingerprint density at radius 3 is 3.00 bits per heavy atom. The lowest BCUT2D eigenvalue weighted by molar-refractivity contribution is 0.627. The summed E-state index contributed by atoms with van der Waals surface area (Å²) < 4.78 is 13.0. The third kappa shape index (κ3) is 2.84. The second kappa shape index (κ2) is 5.61. The fraction of sp³-hybridized carbons (Fsp3) is 0.231. The van der Waals surface area contributed by atoms with Crippen LogP contribution in [0.15, 0.2) is 24.4 Å². The van der Waals surface area contributed by atoms with Crippen LogP contribution in [0, 0.1) is 17.1 Å². The van der Waals surface area contributed by atoms with Crippen molar-refractivity contribution in [2.24, 2.45) is 0 Å². The van der Waals surface area contributed by atoms with Crippen LogP contribution in [0.5, 0.6) is 0 Å². The van der Waals surface area contributed by atoms with E-state index in [0.717, 1.165) is 16.3 Å². The van der Waals surface area contributed by atoms with Gasteiger partial charge in [-0.05, 0) is 24.6 Å². The topological polar surface area (TPSA) is 48.7 Å². The number of nitrogens with one attached hydrogen (secondary N) is 1. The molecule has 5 heteroatoms. The van der Waals surface area contributed by atoms with Crippen LogP contribution in [-0.2, 0) is 13.0 Å². The summed E-state index contributed by atoms with van der Waals surface area (Å²) in [5, 5.41) is 13.1. The summed E-state index contributed by atoms with van der Waals surface area (Å²) in [5.74, 6) is -0.400. The summed E-state index contributed by atoms with van der Waals surface area (Å²) in [6.07, 6.45) is 2.75. The molecule has 0 radical (unpaired) electrons. The first kappa shape index (κ1) is 12.5. The minimum absolute atomic E-state index is 0.315. The fourth-order valence-electron chi connectivity index (χ4n) is 1.54. The maximum absolute atomic E-state index is 13.0. The molecule has 0 aliphatic heterocycles. The van der Waals surface area contributed by atoms with Crippen LogP contribution < -0.4 is 5.32 Å².